The third-order valence-electron chi connectivity index (χ3n) is 15.0. The van der Waals surface area contributed by atoms with Crippen LogP contribution in [0.25, 0.3) is 0 Å². The van der Waals surface area contributed by atoms with Crippen molar-refractivity contribution >= 4 is 5.91 Å². The Labute approximate surface area is 437 Å². The number of ether oxygens (including phenoxy) is 4. The van der Waals surface area contributed by atoms with E-state index in [4.69, 9.17) is 18.9 Å². The molecule has 0 aromatic rings. The molecule has 2 aliphatic rings. The molecule has 72 heavy (non-hydrogen) atoms. The van der Waals surface area contributed by atoms with E-state index in [-0.39, 0.29) is 12.5 Å². The number of aliphatic hydroxyl groups excluding tert-OH is 8. The van der Waals surface area contributed by atoms with Crippen LogP contribution >= 0.6 is 0 Å². The first kappa shape index (κ1) is 66.8. The van der Waals surface area contributed by atoms with Gasteiger partial charge in [-0.2, -0.15) is 0 Å². The van der Waals surface area contributed by atoms with Crippen LogP contribution in [0.2, 0.25) is 0 Å². The Hall–Kier alpha value is -1.27. The molecule has 0 radical (unpaired) electrons. The Bertz CT molecular complexity index is 1260. The van der Waals surface area contributed by atoms with Crippen LogP contribution in [0.4, 0.5) is 0 Å². The first-order valence-electron chi connectivity index (χ1n) is 29.9. The van der Waals surface area contributed by atoms with Crippen molar-refractivity contribution in [1.82, 2.24) is 5.32 Å². The van der Waals surface area contributed by atoms with Gasteiger partial charge in [0.25, 0.3) is 0 Å². The first-order valence-corrected chi connectivity index (χ1v) is 29.9. The van der Waals surface area contributed by atoms with E-state index in [2.05, 4.69) is 31.3 Å². The number of carbonyl (C=O) groups excluding carboxylic acids is 1. The maximum atomic E-state index is 13.3. The third-order valence-corrected chi connectivity index (χ3v) is 15.0. The summed E-state index contributed by atoms with van der Waals surface area (Å²) in [7, 11) is 0. The Morgan fingerprint density at radius 2 is 0.875 bits per heavy atom. The molecule has 12 unspecified atom stereocenters. The number of hydrogen-bond acceptors (Lipinski definition) is 13. The second-order valence-corrected chi connectivity index (χ2v) is 21.5. The van der Waals surface area contributed by atoms with Gasteiger partial charge in [-0.1, -0.05) is 225 Å². The van der Waals surface area contributed by atoms with Crippen molar-refractivity contribution in [1.29, 1.82) is 0 Å². The fraction of sp³-hybridized carbons (Fsp3) is 0.948. The summed E-state index contributed by atoms with van der Waals surface area (Å²) in [6.07, 6.45) is 33.5. The van der Waals surface area contributed by atoms with Crippen LogP contribution in [0.15, 0.2) is 12.2 Å². The monoisotopic (exact) mass is 1030 g/mol. The van der Waals surface area contributed by atoms with Crippen LogP contribution in [-0.4, -0.2) is 140 Å². The summed E-state index contributed by atoms with van der Waals surface area (Å²) in [5.74, 6) is -0.208. The Morgan fingerprint density at radius 1 is 0.486 bits per heavy atom. The molecule has 2 fully saturated rings. The Kier molecular flexibility index (Phi) is 41.6. The zero-order chi connectivity index (χ0) is 52.4. The standard InChI is InChI=1S/C58H111NO13/c1-3-5-7-9-11-13-15-17-19-21-23-24-25-27-29-31-33-35-37-39-41-47(62)46(59-50(63)42-40-38-36-34-32-30-28-26-22-20-18-16-14-12-10-8-6-4-2)45-69-57-55(68)53(66)56(49(44-61)71-57)72-58-54(67)52(65)51(64)48(43-60)70-58/h20,22,46-49,51-58,60-62,64-68H,3-19,21,23-45H2,1-2H3,(H,59,63)/b22-20-. The minimum absolute atomic E-state index is 0.208. The highest BCUT2D eigenvalue weighted by atomic mass is 16.7. The lowest BCUT2D eigenvalue weighted by Gasteiger charge is -2.46. The average molecular weight is 1030 g/mol. The summed E-state index contributed by atoms with van der Waals surface area (Å²) in [6.45, 7) is 2.88. The van der Waals surface area contributed by atoms with Gasteiger partial charge in [0.1, 0.15) is 48.8 Å². The maximum Gasteiger partial charge on any atom is 0.220 e. The Balaban J connectivity index is 1.76. The minimum atomic E-state index is -1.78. The van der Waals surface area contributed by atoms with Gasteiger partial charge in [0.05, 0.1) is 32.0 Å². The number of carbonyl (C=O) groups is 1. The lowest BCUT2D eigenvalue weighted by atomic mass is 9.97. The molecule has 0 spiro atoms. The Morgan fingerprint density at radius 3 is 1.32 bits per heavy atom. The van der Waals surface area contributed by atoms with Crippen LogP contribution in [0, 0.1) is 0 Å². The van der Waals surface area contributed by atoms with Crippen molar-refractivity contribution in [3.8, 4) is 0 Å². The second kappa shape index (κ2) is 44.8. The minimum Gasteiger partial charge on any atom is -0.394 e. The summed E-state index contributed by atoms with van der Waals surface area (Å²) >= 11 is 0. The highest BCUT2D eigenvalue weighted by molar-refractivity contribution is 5.76. The lowest BCUT2D eigenvalue weighted by Crippen LogP contribution is -2.65. The van der Waals surface area contributed by atoms with Gasteiger partial charge in [-0.3, -0.25) is 4.79 Å². The van der Waals surface area contributed by atoms with Crippen molar-refractivity contribution in [3.05, 3.63) is 12.2 Å². The van der Waals surface area contributed by atoms with E-state index in [0.717, 1.165) is 57.8 Å². The molecule has 14 nitrogen and oxygen atoms in total. The summed E-state index contributed by atoms with van der Waals surface area (Å²) in [6, 6.07) is -0.828. The highest BCUT2D eigenvalue weighted by Gasteiger charge is 2.51. The van der Waals surface area contributed by atoms with Gasteiger partial charge in [0.2, 0.25) is 5.91 Å². The molecule has 0 saturated carbocycles. The molecule has 12 atom stereocenters. The number of hydrogen-bond donors (Lipinski definition) is 9. The summed E-state index contributed by atoms with van der Waals surface area (Å²) in [5.41, 5.74) is 0. The van der Waals surface area contributed by atoms with E-state index in [1.54, 1.807) is 0 Å². The summed E-state index contributed by atoms with van der Waals surface area (Å²) < 4.78 is 22.8. The fourth-order valence-corrected chi connectivity index (χ4v) is 10.1. The van der Waals surface area contributed by atoms with Gasteiger partial charge >= 0.3 is 0 Å². The van der Waals surface area contributed by atoms with Crippen LogP contribution in [0.1, 0.15) is 258 Å². The molecule has 0 aromatic heterocycles. The van der Waals surface area contributed by atoms with Gasteiger partial charge in [0, 0.05) is 6.42 Å². The van der Waals surface area contributed by atoms with Crippen LogP contribution in [-0.2, 0) is 23.7 Å². The van der Waals surface area contributed by atoms with Crippen LogP contribution in [0.5, 0.6) is 0 Å². The van der Waals surface area contributed by atoms with Gasteiger partial charge in [-0.05, 0) is 38.5 Å². The van der Waals surface area contributed by atoms with Crippen molar-refractivity contribution in [3.63, 3.8) is 0 Å². The molecule has 2 aliphatic heterocycles. The van der Waals surface area contributed by atoms with Gasteiger partial charge < -0.3 is 65.1 Å². The normalized spacial score (nSPS) is 25.6. The van der Waals surface area contributed by atoms with E-state index in [9.17, 15) is 45.6 Å². The zero-order valence-corrected chi connectivity index (χ0v) is 45.7. The number of amides is 1. The molecular formula is C58H111NO13. The lowest BCUT2D eigenvalue weighted by molar-refractivity contribution is -0.359. The van der Waals surface area contributed by atoms with Crippen molar-refractivity contribution < 1.29 is 64.6 Å². The molecule has 9 N–H and O–H groups in total. The summed E-state index contributed by atoms with van der Waals surface area (Å²) in [5, 5.41) is 87.3. The third kappa shape index (κ3) is 30.5. The fourth-order valence-electron chi connectivity index (χ4n) is 10.1. The van der Waals surface area contributed by atoms with E-state index in [1.807, 2.05) is 0 Å². The predicted octanol–water partition coefficient (Wildman–Crippen LogP) is 9.89. The van der Waals surface area contributed by atoms with Crippen molar-refractivity contribution in [2.75, 3.05) is 19.8 Å². The molecule has 1 amide bonds. The van der Waals surface area contributed by atoms with Gasteiger partial charge in [0.15, 0.2) is 12.6 Å². The molecule has 2 heterocycles. The largest absolute Gasteiger partial charge is 0.394 e. The smallest absolute Gasteiger partial charge is 0.220 e. The van der Waals surface area contributed by atoms with E-state index >= 15 is 0 Å². The van der Waals surface area contributed by atoms with Gasteiger partial charge in [-0.15, -0.1) is 0 Å². The summed E-state index contributed by atoms with van der Waals surface area (Å²) in [4.78, 5) is 13.3. The highest BCUT2D eigenvalue weighted by Crippen LogP contribution is 2.30. The molecule has 2 saturated heterocycles. The van der Waals surface area contributed by atoms with E-state index < -0.39 is 86.8 Å². The topological polar surface area (TPSA) is 228 Å². The molecule has 14 heteroatoms. The van der Waals surface area contributed by atoms with Crippen molar-refractivity contribution in [2.45, 2.75) is 331 Å². The number of nitrogens with one attached hydrogen (secondary N) is 1. The molecule has 0 bridgehead atoms. The first-order chi connectivity index (χ1) is 35.1. The zero-order valence-electron chi connectivity index (χ0n) is 45.7. The number of aliphatic hydroxyl groups is 8. The molecule has 2 rings (SSSR count). The van der Waals surface area contributed by atoms with Crippen molar-refractivity contribution in [2.24, 2.45) is 0 Å². The van der Waals surface area contributed by atoms with Crippen LogP contribution in [0.3, 0.4) is 0 Å². The molecule has 0 aliphatic carbocycles. The predicted molar refractivity (Wildman–Crippen MR) is 286 cm³/mol. The molecular weight excluding hydrogens is 919 g/mol. The van der Waals surface area contributed by atoms with Crippen LogP contribution < -0.4 is 5.32 Å². The van der Waals surface area contributed by atoms with Gasteiger partial charge in [-0.25, -0.2) is 0 Å². The second-order valence-electron chi connectivity index (χ2n) is 21.5. The molecule has 426 valence electrons. The molecule has 0 aromatic carbocycles. The van der Waals surface area contributed by atoms with E-state index in [0.29, 0.717) is 12.8 Å². The maximum absolute atomic E-state index is 13.3. The number of unbranched alkanes of at least 4 members (excludes halogenated alkanes) is 33. The van der Waals surface area contributed by atoms with E-state index in [1.165, 1.54) is 173 Å². The number of allylic oxidation sites excluding steroid dienone is 2. The SMILES string of the molecule is CCCCCCCCC/C=C\CCCCCCCCCC(=O)NC(COC1OC(CO)C(OC2OC(CO)C(O)C(O)C2O)C(O)C1O)C(O)CCCCCCCCCCCCCCCCCCCCCC. The quantitative estimate of drug-likeness (QED) is 0.0205. The number of rotatable bonds is 48. The average Bonchev–Trinajstić information content (AvgIpc) is 3.38.